The first-order valence-electron chi connectivity index (χ1n) is 6.93. The molecule has 0 aliphatic carbocycles. The molecule has 20 heavy (non-hydrogen) atoms. The molecular weight excluding hydrogens is 268 g/mol. The molecular formula is C13H24O7. The Morgan fingerprint density at radius 1 is 1.15 bits per heavy atom. The Bertz CT molecular complexity index is 280. The average Bonchev–Trinajstić information content (AvgIpc) is 2.40. The predicted octanol–water partition coefficient (Wildman–Crippen LogP) is 1.27. The van der Waals surface area contributed by atoms with Crippen LogP contribution in [0.4, 0.5) is 0 Å². The third-order valence-corrected chi connectivity index (χ3v) is 2.81. The molecule has 0 amide bonds. The van der Waals surface area contributed by atoms with Gasteiger partial charge in [-0.15, -0.1) is 0 Å². The second-order valence-corrected chi connectivity index (χ2v) is 4.48. The highest BCUT2D eigenvalue weighted by molar-refractivity contribution is 5.72. The zero-order valence-corrected chi connectivity index (χ0v) is 12.0. The summed E-state index contributed by atoms with van der Waals surface area (Å²) in [6.07, 6.45) is 1.79. The van der Waals surface area contributed by atoms with Gasteiger partial charge in [-0.25, -0.2) is 9.59 Å². The van der Waals surface area contributed by atoms with E-state index >= 15 is 0 Å². The van der Waals surface area contributed by atoms with Crippen LogP contribution in [-0.2, 0) is 24.4 Å². The molecule has 0 spiro atoms. The van der Waals surface area contributed by atoms with Crippen LogP contribution in [-0.4, -0.2) is 34.9 Å². The van der Waals surface area contributed by atoms with Crippen molar-refractivity contribution in [1.82, 2.24) is 0 Å². The number of hydrogen-bond acceptors (Lipinski definition) is 7. The van der Waals surface area contributed by atoms with E-state index in [1.54, 1.807) is 13.8 Å². The van der Waals surface area contributed by atoms with Gasteiger partial charge >= 0.3 is 11.9 Å². The van der Waals surface area contributed by atoms with Gasteiger partial charge in [0.1, 0.15) is 0 Å². The van der Waals surface area contributed by atoms with E-state index in [9.17, 15) is 14.7 Å². The number of aliphatic hydroxyl groups excluding tert-OH is 2. The first kappa shape index (κ1) is 18.8. The van der Waals surface area contributed by atoms with Gasteiger partial charge in [-0.3, -0.25) is 9.78 Å². The molecule has 7 nitrogen and oxygen atoms in total. The number of unbranched alkanes of at least 4 members (excludes halogenated alkanes) is 1. The molecule has 0 fully saturated rings. The van der Waals surface area contributed by atoms with Crippen LogP contribution in [0.2, 0.25) is 0 Å². The normalized spacial score (nSPS) is 13.6. The molecule has 2 atom stereocenters. The van der Waals surface area contributed by atoms with E-state index in [2.05, 4.69) is 14.8 Å². The van der Waals surface area contributed by atoms with E-state index in [0.717, 1.165) is 0 Å². The van der Waals surface area contributed by atoms with Crippen molar-refractivity contribution in [3.05, 3.63) is 0 Å². The highest BCUT2D eigenvalue weighted by Gasteiger charge is 2.27. The van der Waals surface area contributed by atoms with Gasteiger partial charge in [-0.05, 0) is 32.1 Å². The summed E-state index contributed by atoms with van der Waals surface area (Å²) in [5.74, 6) is -2.16. The molecule has 2 N–H and O–H groups in total. The summed E-state index contributed by atoms with van der Waals surface area (Å²) < 4.78 is 0. The largest absolute Gasteiger partial charge is 0.396 e. The summed E-state index contributed by atoms with van der Waals surface area (Å²) >= 11 is 0. The van der Waals surface area contributed by atoms with Crippen LogP contribution in [0.5, 0.6) is 0 Å². The quantitative estimate of drug-likeness (QED) is 0.336. The van der Waals surface area contributed by atoms with Crippen LogP contribution in [0, 0.1) is 5.92 Å². The third-order valence-electron chi connectivity index (χ3n) is 2.81. The lowest BCUT2D eigenvalue weighted by Gasteiger charge is -2.18. The van der Waals surface area contributed by atoms with Crippen LogP contribution in [0.25, 0.3) is 0 Å². The number of aliphatic hydroxyl groups is 2. The van der Waals surface area contributed by atoms with Crippen LogP contribution in [0.15, 0.2) is 0 Å². The fourth-order valence-electron chi connectivity index (χ4n) is 1.66. The smallest absolute Gasteiger partial charge is 0.352 e. The average molecular weight is 292 g/mol. The van der Waals surface area contributed by atoms with E-state index in [1.807, 2.05) is 0 Å². The number of carbonyl (C=O) groups excluding carboxylic acids is 2. The molecule has 0 saturated heterocycles. The Morgan fingerprint density at radius 3 is 2.40 bits per heavy atom. The zero-order valence-electron chi connectivity index (χ0n) is 12.0. The van der Waals surface area contributed by atoms with Crippen molar-refractivity contribution >= 4 is 11.9 Å². The van der Waals surface area contributed by atoms with Gasteiger partial charge in [0.15, 0.2) is 0 Å². The minimum Gasteiger partial charge on any atom is -0.396 e. The molecule has 0 radical (unpaired) electrons. The number of hydrogen-bond donors (Lipinski definition) is 2. The molecule has 0 aromatic rings. The van der Waals surface area contributed by atoms with Crippen molar-refractivity contribution in [2.75, 3.05) is 6.61 Å². The van der Waals surface area contributed by atoms with E-state index < -0.39 is 24.0 Å². The summed E-state index contributed by atoms with van der Waals surface area (Å²) in [6.45, 7) is 3.57. The standard InChI is InChI=1S/C13H24O7/c1-3-7-12(16)18-20-19-13(17)10(4-2)11(15)8-5-6-9-14/h10-11,14-15H,3-9H2,1-2H3. The Labute approximate surface area is 118 Å². The summed E-state index contributed by atoms with van der Waals surface area (Å²) in [5, 5.41) is 22.6. The van der Waals surface area contributed by atoms with Crippen molar-refractivity contribution < 1.29 is 34.6 Å². The van der Waals surface area contributed by atoms with Crippen LogP contribution < -0.4 is 0 Å². The van der Waals surface area contributed by atoms with Crippen molar-refractivity contribution in [2.24, 2.45) is 5.92 Å². The van der Waals surface area contributed by atoms with E-state index in [0.29, 0.717) is 32.1 Å². The predicted molar refractivity (Wildman–Crippen MR) is 68.9 cm³/mol. The van der Waals surface area contributed by atoms with Crippen LogP contribution >= 0.6 is 0 Å². The maximum Gasteiger partial charge on any atom is 0.352 e. The summed E-state index contributed by atoms with van der Waals surface area (Å²) in [4.78, 5) is 31.2. The first-order valence-corrected chi connectivity index (χ1v) is 6.93. The highest BCUT2D eigenvalue weighted by Crippen LogP contribution is 2.16. The van der Waals surface area contributed by atoms with Gasteiger partial charge in [0.2, 0.25) is 0 Å². The van der Waals surface area contributed by atoms with E-state index in [4.69, 9.17) is 5.11 Å². The topological polar surface area (TPSA) is 102 Å². The third kappa shape index (κ3) is 8.08. The molecule has 0 aliphatic rings. The van der Waals surface area contributed by atoms with Crippen molar-refractivity contribution in [2.45, 2.75) is 58.5 Å². The molecule has 0 aromatic carbocycles. The summed E-state index contributed by atoms with van der Waals surface area (Å²) in [6, 6.07) is 0. The Hall–Kier alpha value is -1.18. The van der Waals surface area contributed by atoms with Crippen molar-refractivity contribution in [1.29, 1.82) is 0 Å². The monoisotopic (exact) mass is 292 g/mol. The number of rotatable bonds is 11. The fraction of sp³-hybridized carbons (Fsp3) is 0.846. The summed E-state index contributed by atoms with van der Waals surface area (Å²) in [7, 11) is 0. The van der Waals surface area contributed by atoms with E-state index in [-0.39, 0.29) is 13.0 Å². The molecule has 0 bridgehead atoms. The second kappa shape index (κ2) is 11.6. The Balaban J connectivity index is 4.03. The molecule has 7 heteroatoms. The molecule has 0 saturated carbocycles. The van der Waals surface area contributed by atoms with Crippen LogP contribution in [0.3, 0.4) is 0 Å². The molecule has 2 unspecified atom stereocenters. The van der Waals surface area contributed by atoms with Gasteiger partial charge in [0, 0.05) is 18.1 Å². The van der Waals surface area contributed by atoms with Gasteiger partial charge in [-0.2, -0.15) is 0 Å². The first-order chi connectivity index (χ1) is 9.56. The van der Waals surface area contributed by atoms with Crippen molar-refractivity contribution in [3.8, 4) is 0 Å². The Kier molecular flexibility index (Phi) is 10.9. The van der Waals surface area contributed by atoms with Gasteiger partial charge in [0.25, 0.3) is 0 Å². The minimum absolute atomic E-state index is 0.0461. The lowest BCUT2D eigenvalue weighted by molar-refractivity contribution is -0.461. The Morgan fingerprint density at radius 2 is 1.85 bits per heavy atom. The molecule has 0 aliphatic heterocycles. The van der Waals surface area contributed by atoms with E-state index in [1.165, 1.54) is 0 Å². The lowest BCUT2D eigenvalue weighted by Crippen LogP contribution is -2.30. The molecule has 0 aromatic heterocycles. The molecule has 0 heterocycles. The highest BCUT2D eigenvalue weighted by atomic mass is 17.5. The fourth-order valence-corrected chi connectivity index (χ4v) is 1.66. The maximum absolute atomic E-state index is 11.6. The van der Waals surface area contributed by atoms with Crippen molar-refractivity contribution in [3.63, 3.8) is 0 Å². The van der Waals surface area contributed by atoms with Gasteiger partial charge in [-0.1, -0.05) is 13.8 Å². The van der Waals surface area contributed by atoms with Crippen LogP contribution in [0.1, 0.15) is 52.4 Å². The SMILES string of the molecule is CCCC(=O)OOOC(=O)C(CC)C(O)CCCCO. The zero-order chi connectivity index (χ0) is 15.4. The maximum atomic E-state index is 11.6. The van der Waals surface area contributed by atoms with Gasteiger partial charge < -0.3 is 10.2 Å². The molecule has 118 valence electrons. The summed E-state index contributed by atoms with van der Waals surface area (Å²) in [5.41, 5.74) is 0. The second-order valence-electron chi connectivity index (χ2n) is 4.48. The minimum atomic E-state index is -0.881. The molecule has 0 rings (SSSR count). The lowest BCUT2D eigenvalue weighted by atomic mass is 9.95. The van der Waals surface area contributed by atoms with Gasteiger partial charge in [0.05, 0.1) is 12.0 Å². The number of carbonyl (C=O) groups is 2.